The van der Waals surface area contributed by atoms with E-state index >= 15 is 0 Å². The molecule has 0 atom stereocenters. The van der Waals surface area contributed by atoms with Crippen molar-refractivity contribution in [1.29, 1.82) is 0 Å². The number of rotatable bonds is 3. The molecule has 1 aliphatic heterocycles. The van der Waals surface area contributed by atoms with Gasteiger partial charge in [0.1, 0.15) is 0 Å². The Morgan fingerprint density at radius 1 is 1.38 bits per heavy atom. The van der Waals surface area contributed by atoms with Crippen molar-refractivity contribution in [2.24, 2.45) is 0 Å². The van der Waals surface area contributed by atoms with Crippen molar-refractivity contribution in [3.8, 4) is 20.6 Å². The summed E-state index contributed by atoms with van der Waals surface area (Å²) >= 11 is -0.425. The normalized spacial score (nSPS) is 10.7. The molecule has 0 saturated heterocycles. The van der Waals surface area contributed by atoms with Gasteiger partial charge in [0.2, 0.25) is 0 Å². The van der Waals surface area contributed by atoms with Gasteiger partial charge in [0.15, 0.2) is 0 Å². The maximum absolute atomic E-state index is 11.9. The number of methoxy groups -OCH3 is 1. The van der Waals surface area contributed by atoms with Gasteiger partial charge in [-0.2, -0.15) is 8.42 Å². The second-order valence-corrected chi connectivity index (χ2v) is 7.16. The van der Waals surface area contributed by atoms with Gasteiger partial charge in [-0.25, -0.2) is 0 Å². The molecule has 0 fully saturated rings. The second kappa shape index (κ2) is 7.75. The van der Waals surface area contributed by atoms with Crippen LogP contribution in [0.3, 0.4) is 0 Å². The fraction of sp³-hybridized carbons (Fsp3) is 0.250. The summed E-state index contributed by atoms with van der Waals surface area (Å²) in [5.41, 5.74) is 0.722. The molecule has 0 radical (unpaired) electrons. The predicted octanol–water partition coefficient (Wildman–Crippen LogP) is 1.37. The van der Waals surface area contributed by atoms with Crippen LogP contribution in [0, 0.1) is 0 Å². The van der Waals surface area contributed by atoms with E-state index < -0.39 is 30.9 Å². The summed E-state index contributed by atoms with van der Waals surface area (Å²) in [5, 5.41) is 0. The van der Waals surface area contributed by atoms with E-state index in [0.717, 1.165) is 9.14 Å². The number of hydrogen-bond acceptors (Lipinski definition) is 5. The molecule has 2 aliphatic rings. The summed E-state index contributed by atoms with van der Waals surface area (Å²) in [5.74, 6) is 1.33. The molecule has 0 aromatic heterocycles. The first-order chi connectivity index (χ1) is 9.76. The Balaban J connectivity index is 0.000000383. The molecular weight excluding hydrogens is 419 g/mol. The molecule has 0 saturated carbocycles. The minimum Gasteiger partial charge on any atom is -0.260 e. The fourth-order valence-electron chi connectivity index (χ4n) is 1.55. The van der Waals surface area contributed by atoms with Crippen LogP contribution in [0.2, 0.25) is 0 Å². The van der Waals surface area contributed by atoms with Crippen LogP contribution >= 0.6 is 0 Å². The zero-order chi connectivity index (χ0) is 16.0. The fourth-order valence-corrected chi connectivity index (χ4v) is 3.95. The quantitative estimate of drug-likeness (QED) is 0.448. The van der Waals surface area contributed by atoms with Crippen LogP contribution in [0.1, 0.15) is 6.92 Å². The van der Waals surface area contributed by atoms with Crippen LogP contribution in [0.25, 0.3) is 9.14 Å². The number of hydrogen-bond donors (Lipinski definition) is 1. The summed E-state index contributed by atoms with van der Waals surface area (Å²) < 4.78 is 47.9. The third-order valence-electron chi connectivity index (χ3n) is 2.24. The Kier molecular flexibility index (Phi) is 6.61. The van der Waals surface area contributed by atoms with Crippen LogP contribution < -0.4 is 14.9 Å². The van der Waals surface area contributed by atoms with Crippen molar-refractivity contribution in [1.82, 2.24) is 0 Å². The molecule has 6 nitrogen and oxygen atoms in total. The first-order valence-electron chi connectivity index (χ1n) is 5.65. The van der Waals surface area contributed by atoms with E-state index in [0.29, 0.717) is 18.1 Å². The van der Waals surface area contributed by atoms with Crippen molar-refractivity contribution in [3.63, 3.8) is 0 Å². The van der Waals surface area contributed by atoms with Crippen molar-refractivity contribution in [3.05, 3.63) is 32.5 Å². The monoisotopic (exact) mass is 434 g/mol. The zero-order valence-electron chi connectivity index (χ0n) is 11.2. The number of fused-ring (bicyclic) bond motifs is 1. The molecular formula is C12H13FO6STe. The van der Waals surface area contributed by atoms with E-state index in [9.17, 15) is 8.68 Å². The van der Waals surface area contributed by atoms with Crippen LogP contribution in [-0.2, 0) is 10.5 Å². The molecule has 1 heterocycles. The van der Waals surface area contributed by atoms with Gasteiger partial charge in [0.05, 0.1) is 0 Å². The molecule has 0 aromatic carbocycles. The van der Waals surface area contributed by atoms with E-state index in [1.54, 1.807) is 7.11 Å². The van der Waals surface area contributed by atoms with Gasteiger partial charge >= 0.3 is 114 Å². The van der Waals surface area contributed by atoms with Crippen LogP contribution in [-0.4, -0.2) is 47.1 Å². The Hall–Kier alpha value is -1.14. The van der Waals surface area contributed by atoms with Gasteiger partial charge in [0, 0.05) is 0 Å². The van der Waals surface area contributed by atoms with Crippen LogP contribution in [0.15, 0.2) is 27.1 Å². The van der Waals surface area contributed by atoms with Gasteiger partial charge in [-0.05, 0) is 0 Å². The van der Waals surface area contributed by atoms with Gasteiger partial charge in [0.25, 0.3) is 0 Å². The van der Waals surface area contributed by atoms with Gasteiger partial charge < -0.3 is 0 Å². The third kappa shape index (κ3) is 6.01. The molecule has 0 spiro atoms. The van der Waals surface area contributed by atoms with Crippen molar-refractivity contribution < 1.29 is 26.3 Å². The Labute approximate surface area is 131 Å². The molecule has 21 heavy (non-hydrogen) atoms. The largest absolute Gasteiger partial charge is 0.435 e. The summed E-state index contributed by atoms with van der Waals surface area (Å²) in [7, 11) is -3.59. The van der Waals surface area contributed by atoms with Crippen molar-refractivity contribution >= 4 is 30.9 Å². The number of ether oxygens (including phenoxy) is 2. The molecule has 2 rings (SSSR count). The van der Waals surface area contributed by atoms with Gasteiger partial charge in [-0.1, -0.05) is 3.89 Å². The van der Waals surface area contributed by atoms with Gasteiger partial charge in [-0.3, -0.25) is 4.55 Å². The zero-order valence-corrected chi connectivity index (χ0v) is 14.3. The summed E-state index contributed by atoms with van der Waals surface area (Å²) in [4.78, 5) is 11.9. The standard InChI is InChI=1S/C12H12O3Te.FHO3S/c1-3-15-10-4-5-16-11-7-8(14-2)6-9(13)12(10)11;1-5(2,3)4/h4-7H,3H2,1-2H3;(H,2,3,4). The Morgan fingerprint density at radius 2 is 2.00 bits per heavy atom. The van der Waals surface area contributed by atoms with E-state index in [1.807, 2.05) is 19.1 Å². The first kappa shape index (κ1) is 17.9. The summed E-state index contributed by atoms with van der Waals surface area (Å²) in [6, 6.07) is 5.38. The average molecular weight is 432 g/mol. The van der Waals surface area contributed by atoms with E-state index in [4.69, 9.17) is 22.4 Å². The maximum atomic E-state index is 11.9. The summed E-state index contributed by atoms with van der Waals surface area (Å²) in [6.07, 6.45) is 0. The molecule has 0 bridgehead atoms. The van der Waals surface area contributed by atoms with Crippen molar-refractivity contribution in [2.75, 3.05) is 13.7 Å². The first-order valence-corrected chi connectivity index (χ1v) is 9.50. The summed E-state index contributed by atoms with van der Waals surface area (Å²) in [6.45, 7) is 2.49. The smallest absolute Gasteiger partial charge is 0.260 e. The Morgan fingerprint density at radius 3 is 2.52 bits per heavy atom. The van der Waals surface area contributed by atoms with E-state index in [-0.39, 0.29) is 5.43 Å². The molecule has 116 valence electrons. The van der Waals surface area contributed by atoms with Gasteiger partial charge in [-0.15, -0.1) is 0 Å². The molecule has 1 aliphatic carbocycles. The predicted molar refractivity (Wildman–Crippen MR) is 76.7 cm³/mol. The average Bonchev–Trinajstić information content (AvgIpc) is 2.36. The molecule has 0 unspecified atom stereocenters. The minimum absolute atomic E-state index is 0.00718. The molecule has 0 aromatic rings. The van der Waals surface area contributed by atoms with Crippen molar-refractivity contribution in [2.45, 2.75) is 6.92 Å². The minimum atomic E-state index is -5.17. The third-order valence-corrected chi connectivity index (χ3v) is 4.66. The number of halogens is 1. The molecule has 0 amide bonds. The van der Waals surface area contributed by atoms with Crippen LogP contribution in [0.4, 0.5) is 3.89 Å². The van der Waals surface area contributed by atoms with E-state index in [2.05, 4.69) is 4.08 Å². The van der Waals surface area contributed by atoms with Crippen LogP contribution in [0.5, 0.6) is 11.5 Å². The topological polar surface area (TPSA) is 89.9 Å². The molecule has 9 heteroatoms. The second-order valence-electron chi connectivity index (χ2n) is 3.63. The number of benzene rings is 1. The Bertz CT molecular complexity index is 719. The maximum Gasteiger partial charge on any atom is 0.435 e. The van der Waals surface area contributed by atoms with E-state index in [1.165, 1.54) is 6.07 Å². The SMILES string of the molecule is CCOc1cc[te]c2cc(OC)cc(=O)c1-2.O=S(=O)(O)F. The molecule has 1 N–H and O–H groups in total.